The zero-order chi connectivity index (χ0) is 24.8. The monoisotopic (exact) mass is 464 g/mol. The maximum Gasteiger partial charge on any atom is 0.332 e. The first kappa shape index (κ1) is 24.6. The molecule has 0 saturated heterocycles. The van der Waals surface area contributed by atoms with E-state index in [9.17, 15) is 19.6 Å². The van der Waals surface area contributed by atoms with E-state index in [1.165, 1.54) is 30.9 Å². The molecule has 34 heavy (non-hydrogen) atoms. The summed E-state index contributed by atoms with van der Waals surface area (Å²) in [5.74, 6) is 1.01. The van der Waals surface area contributed by atoms with Crippen LogP contribution < -0.4 is 26.0 Å². The van der Waals surface area contributed by atoms with Crippen LogP contribution in [0.4, 0.5) is 0 Å². The molecule has 2 aromatic carbocycles. The largest absolute Gasteiger partial charge is 0.493 e. The number of hydrogen-bond donors (Lipinski definition) is 1. The minimum Gasteiger partial charge on any atom is -0.493 e. The van der Waals surface area contributed by atoms with E-state index in [1.54, 1.807) is 24.3 Å². The summed E-state index contributed by atoms with van der Waals surface area (Å²) in [7, 11) is 2.90. The Morgan fingerprint density at radius 2 is 1.71 bits per heavy atom. The highest BCUT2D eigenvalue weighted by atomic mass is 16.5. The lowest BCUT2D eigenvalue weighted by atomic mass is 10.1. The fourth-order valence-electron chi connectivity index (χ4n) is 3.63. The number of amides is 1. The molecule has 1 amide bonds. The van der Waals surface area contributed by atoms with Gasteiger partial charge in [0.25, 0.3) is 11.5 Å². The zero-order valence-corrected chi connectivity index (χ0v) is 19.8. The lowest BCUT2D eigenvalue weighted by Crippen LogP contribution is -2.40. The predicted octanol–water partition coefficient (Wildman–Crippen LogP) is 2.53. The van der Waals surface area contributed by atoms with Crippen molar-refractivity contribution in [1.29, 1.82) is 5.26 Å². The summed E-state index contributed by atoms with van der Waals surface area (Å²) in [5.41, 5.74) is 0.338. The number of aromatic nitrogens is 2. The Morgan fingerprint density at radius 1 is 1.06 bits per heavy atom. The van der Waals surface area contributed by atoms with Crippen LogP contribution in [0.3, 0.4) is 0 Å². The van der Waals surface area contributed by atoms with E-state index in [1.807, 2.05) is 6.07 Å². The molecule has 0 saturated carbocycles. The second kappa shape index (κ2) is 10.7. The minimum absolute atomic E-state index is 0.0113. The average molecular weight is 465 g/mol. The number of rotatable bonds is 9. The van der Waals surface area contributed by atoms with E-state index in [4.69, 9.17) is 9.47 Å². The third kappa shape index (κ3) is 5.12. The molecule has 3 rings (SSSR count). The van der Waals surface area contributed by atoms with Gasteiger partial charge < -0.3 is 14.8 Å². The number of methoxy groups -OCH3 is 2. The van der Waals surface area contributed by atoms with Crippen molar-refractivity contribution in [1.82, 2.24) is 14.5 Å². The van der Waals surface area contributed by atoms with Gasteiger partial charge in [-0.05, 0) is 36.1 Å². The summed E-state index contributed by atoms with van der Waals surface area (Å²) in [6.07, 6.45) is 0.889. The fourth-order valence-corrected chi connectivity index (χ4v) is 3.63. The quantitative estimate of drug-likeness (QED) is 0.520. The van der Waals surface area contributed by atoms with Gasteiger partial charge in [-0.25, -0.2) is 4.79 Å². The molecule has 0 spiro atoms. The number of carbonyl (C=O) groups is 1. The van der Waals surface area contributed by atoms with Gasteiger partial charge in [0.05, 0.1) is 37.7 Å². The number of fused-ring (bicyclic) bond motifs is 1. The summed E-state index contributed by atoms with van der Waals surface area (Å²) < 4.78 is 12.9. The SMILES string of the molecule is COc1cc2c(=O)n(Cc3ccc(C(=O)NCCC(C)C)cc3)c(=O)n(CC#N)c2cc1OC. The van der Waals surface area contributed by atoms with Gasteiger partial charge in [0.2, 0.25) is 0 Å². The van der Waals surface area contributed by atoms with Crippen molar-refractivity contribution in [2.24, 2.45) is 5.92 Å². The molecule has 0 bridgehead atoms. The summed E-state index contributed by atoms with van der Waals surface area (Å²) in [6, 6.07) is 11.7. The van der Waals surface area contributed by atoms with E-state index in [-0.39, 0.29) is 24.4 Å². The maximum atomic E-state index is 13.2. The molecule has 1 heterocycles. The zero-order valence-electron chi connectivity index (χ0n) is 19.8. The number of ether oxygens (including phenoxy) is 2. The normalized spacial score (nSPS) is 10.8. The topological polar surface area (TPSA) is 115 Å². The highest BCUT2D eigenvalue weighted by Gasteiger charge is 2.17. The third-order valence-corrected chi connectivity index (χ3v) is 5.52. The number of hydrogen-bond acceptors (Lipinski definition) is 6. The Bertz CT molecular complexity index is 1350. The fraction of sp³-hybridized carbons (Fsp3) is 0.360. The van der Waals surface area contributed by atoms with E-state index < -0.39 is 11.2 Å². The lowest BCUT2D eigenvalue weighted by Gasteiger charge is -2.15. The van der Waals surface area contributed by atoms with Crippen LogP contribution in [0.25, 0.3) is 10.9 Å². The van der Waals surface area contributed by atoms with Gasteiger partial charge >= 0.3 is 5.69 Å². The molecule has 9 heteroatoms. The van der Waals surface area contributed by atoms with Gasteiger partial charge in [-0.3, -0.25) is 18.7 Å². The highest BCUT2D eigenvalue weighted by Crippen LogP contribution is 2.30. The van der Waals surface area contributed by atoms with E-state index >= 15 is 0 Å². The molecule has 0 fully saturated rings. The van der Waals surface area contributed by atoms with Crippen LogP contribution in [0.1, 0.15) is 36.2 Å². The molecular formula is C25H28N4O5. The standard InChI is InChI=1S/C25H28N4O5/c1-16(2)9-11-27-23(30)18-7-5-17(6-8-18)15-29-24(31)19-13-21(33-3)22(34-4)14-20(19)28(12-10-26)25(29)32/h5-8,13-14,16H,9,11-12,15H2,1-4H3,(H,27,30). The first-order valence-electron chi connectivity index (χ1n) is 10.9. The molecule has 0 aliphatic rings. The minimum atomic E-state index is -0.609. The second-order valence-corrected chi connectivity index (χ2v) is 8.28. The Balaban J connectivity index is 1.98. The summed E-state index contributed by atoms with van der Waals surface area (Å²) >= 11 is 0. The molecule has 0 atom stereocenters. The van der Waals surface area contributed by atoms with Crippen LogP contribution in [0, 0.1) is 17.2 Å². The van der Waals surface area contributed by atoms with E-state index in [0.29, 0.717) is 40.6 Å². The van der Waals surface area contributed by atoms with Gasteiger partial charge in [-0.15, -0.1) is 0 Å². The maximum absolute atomic E-state index is 13.2. The molecule has 3 aromatic rings. The molecule has 0 radical (unpaired) electrons. The van der Waals surface area contributed by atoms with Crippen LogP contribution in [0.2, 0.25) is 0 Å². The smallest absolute Gasteiger partial charge is 0.332 e. The second-order valence-electron chi connectivity index (χ2n) is 8.28. The van der Waals surface area contributed by atoms with Gasteiger partial charge in [0.1, 0.15) is 6.54 Å². The summed E-state index contributed by atoms with van der Waals surface area (Å²) in [5, 5.41) is 12.4. The van der Waals surface area contributed by atoms with Crippen molar-refractivity contribution in [3.05, 3.63) is 68.4 Å². The molecule has 1 N–H and O–H groups in total. The highest BCUT2D eigenvalue weighted by molar-refractivity contribution is 5.94. The number of nitrogens with one attached hydrogen (secondary N) is 1. The Hall–Kier alpha value is -4.06. The van der Waals surface area contributed by atoms with E-state index in [0.717, 1.165) is 11.0 Å². The van der Waals surface area contributed by atoms with Gasteiger partial charge in [-0.2, -0.15) is 5.26 Å². The van der Waals surface area contributed by atoms with Crippen LogP contribution in [0.5, 0.6) is 11.5 Å². The van der Waals surface area contributed by atoms with Crippen molar-refractivity contribution < 1.29 is 14.3 Å². The first-order chi connectivity index (χ1) is 16.3. The lowest BCUT2D eigenvalue weighted by molar-refractivity contribution is 0.0952. The van der Waals surface area contributed by atoms with Crippen molar-refractivity contribution >= 4 is 16.8 Å². The van der Waals surface area contributed by atoms with Crippen molar-refractivity contribution in [2.45, 2.75) is 33.4 Å². The van der Waals surface area contributed by atoms with Gasteiger partial charge in [-0.1, -0.05) is 26.0 Å². The first-order valence-corrected chi connectivity index (χ1v) is 10.9. The Morgan fingerprint density at radius 3 is 2.29 bits per heavy atom. The number of nitrogens with zero attached hydrogens (tertiary/aromatic N) is 3. The van der Waals surface area contributed by atoms with Crippen LogP contribution in [-0.2, 0) is 13.1 Å². The summed E-state index contributed by atoms with van der Waals surface area (Å²) in [4.78, 5) is 38.7. The van der Waals surface area contributed by atoms with Crippen molar-refractivity contribution in [3.8, 4) is 17.6 Å². The van der Waals surface area contributed by atoms with Gasteiger partial charge in [0.15, 0.2) is 11.5 Å². The molecule has 9 nitrogen and oxygen atoms in total. The third-order valence-electron chi connectivity index (χ3n) is 5.52. The molecule has 0 aliphatic heterocycles. The molecule has 0 unspecified atom stereocenters. The number of carbonyl (C=O) groups excluding carboxylic acids is 1. The van der Waals surface area contributed by atoms with Crippen LogP contribution in [0.15, 0.2) is 46.0 Å². The molecule has 178 valence electrons. The van der Waals surface area contributed by atoms with Crippen LogP contribution in [-0.4, -0.2) is 35.8 Å². The van der Waals surface area contributed by atoms with E-state index in [2.05, 4.69) is 19.2 Å². The van der Waals surface area contributed by atoms with Crippen molar-refractivity contribution in [3.63, 3.8) is 0 Å². The Kier molecular flexibility index (Phi) is 7.74. The Labute approximate surface area is 197 Å². The summed E-state index contributed by atoms with van der Waals surface area (Å²) in [6.45, 7) is 4.53. The average Bonchev–Trinajstić information content (AvgIpc) is 2.83. The number of nitriles is 1. The molecular weight excluding hydrogens is 436 g/mol. The van der Waals surface area contributed by atoms with Crippen LogP contribution >= 0.6 is 0 Å². The molecule has 0 aliphatic carbocycles. The van der Waals surface area contributed by atoms with Gasteiger partial charge in [0, 0.05) is 18.2 Å². The van der Waals surface area contributed by atoms with Crippen molar-refractivity contribution in [2.75, 3.05) is 20.8 Å². The predicted molar refractivity (Wildman–Crippen MR) is 129 cm³/mol. The number of benzene rings is 2. The molecule has 1 aromatic heterocycles.